The summed E-state index contributed by atoms with van der Waals surface area (Å²) in [7, 11) is 0. The molecule has 0 unspecified atom stereocenters. The number of aliphatic hydroxyl groups is 2. The van der Waals surface area contributed by atoms with E-state index >= 15 is 0 Å². The lowest BCUT2D eigenvalue weighted by Gasteiger charge is -2.20. The van der Waals surface area contributed by atoms with Crippen LogP contribution in [0.25, 0.3) is 0 Å². The zero-order chi connectivity index (χ0) is 18.8. The van der Waals surface area contributed by atoms with Crippen molar-refractivity contribution in [3.8, 4) is 0 Å². The van der Waals surface area contributed by atoms with Gasteiger partial charge in [0, 0.05) is 24.9 Å². The van der Waals surface area contributed by atoms with Crippen LogP contribution in [0.15, 0.2) is 24.3 Å². The summed E-state index contributed by atoms with van der Waals surface area (Å²) < 4.78 is 10.7. The fraction of sp³-hybridized carbons (Fsp3) is 0.762. The summed E-state index contributed by atoms with van der Waals surface area (Å²) in [5.74, 6) is 0.286. The van der Waals surface area contributed by atoms with E-state index in [2.05, 4.69) is 19.1 Å². The van der Waals surface area contributed by atoms with Gasteiger partial charge in [0.15, 0.2) is 0 Å². The minimum absolute atomic E-state index is 0.0920. The van der Waals surface area contributed by atoms with Gasteiger partial charge in [0.1, 0.15) is 12.2 Å². The first-order valence-corrected chi connectivity index (χ1v) is 10.1. The molecule has 2 bridgehead atoms. The van der Waals surface area contributed by atoms with E-state index in [9.17, 15) is 9.90 Å². The molecule has 2 N–H and O–H groups in total. The number of rotatable bonds is 12. The lowest BCUT2D eigenvalue weighted by atomic mass is 9.89. The highest BCUT2D eigenvalue weighted by atomic mass is 16.7. The van der Waals surface area contributed by atoms with Gasteiger partial charge in [-0.05, 0) is 32.1 Å². The molecule has 0 radical (unpaired) electrons. The molecular weight excluding hydrogens is 332 g/mol. The summed E-state index contributed by atoms with van der Waals surface area (Å²) in [5, 5.41) is 19.0. The van der Waals surface area contributed by atoms with Gasteiger partial charge in [-0.1, -0.05) is 50.5 Å². The predicted molar refractivity (Wildman–Crippen MR) is 101 cm³/mol. The van der Waals surface area contributed by atoms with Crippen LogP contribution in [0.5, 0.6) is 0 Å². The summed E-state index contributed by atoms with van der Waals surface area (Å²) in [6, 6.07) is 0. The van der Waals surface area contributed by atoms with E-state index in [4.69, 9.17) is 14.6 Å². The Morgan fingerprint density at radius 1 is 1.15 bits per heavy atom. The van der Waals surface area contributed by atoms with E-state index in [0.717, 1.165) is 57.8 Å². The molecule has 0 amide bonds. The number of fused-ring (bicyclic) bond motifs is 2. The molecule has 2 fully saturated rings. The Balaban J connectivity index is 1.91. The summed E-state index contributed by atoms with van der Waals surface area (Å²) >= 11 is 0. The standard InChI is InChI=1S/C21H34O5/c1-2-3-7-10-16(23)12-13-18-17(11-8-5-4-6-9-14-22)19-15-20(18)26-21(24)25-19/h5,8,12-13,16-20,22-23H,2-4,6-7,9-11,14-15H2,1H3/b8-5-,13-12+/t16-,17+,18+,19-,20+/m0/s1. The Hall–Kier alpha value is -1.33. The second-order valence-corrected chi connectivity index (χ2v) is 7.41. The van der Waals surface area contributed by atoms with Crippen molar-refractivity contribution in [2.24, 2.45) is 11.8 Å². The van der Waals surface area contributed by atoms with E-state index in [0.29, 0.717) is 0 Å². The lowest BCUT2D eigenvalue weighted by molar-refractivity contribution is -0.0346. The SMILES string of the molecule is CCCCC[C@H](O)/C=C/[C@@H]1[C@@H](C/C=C\CCCCO)[C@@H]2C[C@H]1OC(=O)O2. The summed E-state index contributed by atoms with van der Waals surface area (Å²) in [6.07, 6.45) is 15.3. The molecule has 2 aliphatic rings. The van der Waals surface area contributed by atoms with Crippen molar-refractivity contribution >= 4 is 6.16 Å². The van der Waals surface area contributed by atoms with Gasteiger partial charge in [0.05, 0.1) is 6.10 Å². The Morgan fingerprint density at radius 2 is 1.96 bits per heavy atom. The van der Waals surface area contributed by atoms with Gasteiger partial charge < -0.3 is 19.7 Å². The van der Waals surface area contributed by atoms with Crippen LogP contribution in [0, 0.1) is 11.8 Å². The first-order chi connectivity index (χ1) is 12.7. The van der Waals surface area contributed by atoms with Gasteiger partial charge in [-0.25, -0.2) is 4.79 Å². The van der Waals surface area contributed by atoms with E-state index in [-0.39, 0.29) is 30.7 Å². The molecule has 0 aromatic carbocycles. The quantitative estimate of drug-likeness (QED) is 0.308. The second kappa shape index (κ2) is 11.4. The minimum atomic E-state index is -0.567. The predicted octanol–water partition coefficient (Wildman–Crippen LogP) is 4.13. The zero-order valence-electron chi connectivity index (χ0n) is 15.9. The van der Waals surface area contributed by atoms with Crippen LogP contribution in [-0.4, -0.2) is 41.3 Å². The molecule has 1 heterocycles. The smallest absolute Gasteiger partial charge is 0.430 e. The number of carbonyl (C=O) groups is 1. The summed E-state index contributed by atoms with van der Waals surface area (Å²) in [5.41, 5.74) is 0. The minimum Gasteiger partial charge on any atom is -0.430 e. The molecule has 26 heavy (non-hydrogen) atoms. The summed E-state index contributed by atoms with van der Waals surface area (Å²) in [6.45, 7) is 2.39. The number of hydrogen-bond donors (Lipinski definition) is 2. The third kappa shape index (κ3) is 6.44. The maximum Gasteiger partial charge on any atom is 0.508 e. The number of aliphatic hydroxyl groups excluding tert-OH is 2. The third-order valence-corrected chi connectivity index (χ3v) is 5.37. The maximum absolute atomic E-state index is 11.6. The Morgan fingerprint density at radius 3 is 2.73 bits per heavy atom. The first-order valence-electron chi connectivity index (χ1n) is 10.1. The first kappa shape index (κ1) is 21.0. The molecule has 0 aromatic heterocycles. The number of hydrogen-bond acceptors (Lipinski definition) is 5. The third-order valence-electron chi connectivity index (χ3n) is 5.37. The van der Waals surface area contributed by atoms with Gasteiger partial charge >= 0.3 is 6.16 Å². The Kier molecular flexibility index (Phi) is 9.19. The van der Waals surface area contributed by atoms with Crippen molar-refractivity contribution in [1.29, 1.82) is 0 Å². The van der Waals surface area contributed by atoms with Gasteiger partial charge in [-0.2, -0.15) is 0 Å². The molecular formula is C21H34O5. The largest absolute Gasteiger partial charge is 0.508 e. The van der Waals surface area contributed by atoms with Crippen LogP contribution in [0.2, 0.25) is 0 Å². The van der Waals surface area contributed by atoms with Crippen LogP contribution < -0.4 is 0 Å². The van der Waals surface area contributed by atoms with Gasteiger partial charge in [0.2, 0.25) is 0 Å². The number of carbonyl (C=O) groups excluding carboxylic acids is 1. The van der Waals surface area contributed by atoms with Crippen molar-refractivity contribution < 1.29 is 24.5 Å². The molecule has 1 saturated carbocycles. The van der Waals surface area contributed by atoms with E-state index in [1.807, 2.05) is 12.2 Å². The fourth-order valence-corrected chi connectivity index (χ4v) is 3.90. The highest BCUT2D eigenvalue weighted by Crippen LogP contribution is 2.43. The molecule has 148 valence electrons. The molecule has 1 aliphatic heterocycles. The molecule has 2 rings (SSSR count). The van der Waals surface area contributed by atoms with Crippen LogP contribution in [0.1, 0.15) is 64.7 Å². The number of unbranched alkanes of at least 4 members (excludes halogenated alkanes) is 4. The second-order valence-electron chi connectivity index (χ2n) is 7.41. The highest BCUT2D eigenvalue weighted by Gasteiger charge is 2.49. The van der Waals surface area contributed by atoms with Crippen molar-refractivity contribution in [2.45, 2.75) is 83.0 Å². The molecule has 0 spiro atoms. The van der Waals surface area contributed by atoms with Crippen LogP contribution in [-0.2, 0) is 9.47 Å². The topological polar surface area (TPSA) is 76.0 Å². The van der Waals surface area contributed by atoms with Crippen molar-refractivity contribution in [3.63, 3.8) is 0 Å². The maximum atomic E-state index is 11.6. The average Bonchev–Trinajstić information content (AvgIpc) is 2.86. The molecule has 0 aromatic rings. The fourth-order valence-electron chi connectivity index (χ4n) is 3.90. The van der Waals surface area contributed by atoms with Crippen LogP contribution >= 0.6 is 0 Å². The van der Waals surface area contributed by atoms with E-state index < -0.39 is 12.3 Å². The van der Waals surface area contributed by atoms with Crippen molar-refractivity contribution in [3.05, 3.63) is 24.3 Å². The number of ether oxygens (including phenoxy) is 2. The summed E-state index contributed by atoms with van der Waals surface area (Å²) in [4.78, 5) is 11.6. The van der Waals surface area contributed by atoms with E-state index in [1.165, 1.54) is 0 Å². The lowest BCUT2D eigenvalue weighted by Crippen LogP contribution is -2.28. The molecule has 5 nitrogen and oxygen atoms in total. The van der Waals surface area contributed by atoms with Crippen LogP contribution in [0.4, 0.5) is 4.79 Å². The van der Waals surface area contributed by atoms with Crippen molar-refractivity contribution in [1.82, 2.24) is 0 Å². The van der Waals surface area contributed by atoms with Crippen LogP contribution in [0.3, 0.4) is 0 Å². The average molecular weight is 366 g/mol. The zero-order valence-corrected chi connectivity index (χ0v) is 15.9. The van der Waals surface area contributed by atoms with Gasteiger partial charge in [0.25, 0.3) is 0 Å². The molecule has 1 aliphatic carbocycles. The number of allylic oxidation sites excluding steroid dienone is 2. The monoisotopic (exact) mass is 366 g/mol. The Labute approximate surface area is 157 Å². The van der Waals surface area contributed by atoms with Gasteiger partial charge in [-0.3, -0.25) is 0 Å². The molecule has 5 atom stereocenters. The molecule has 5 heteroatoms. The Bertz CT molecular complexity index is 473. The van der Waals surface area contributed by atoms with Gasteiger partial charge in [-0.15, -0.1) is 0 Å². The van der Waals surface area contributed by atoms with E-state index in [1.54, 1.807) is 0 Å². The van der Waals surface area contributed by atoms with Crippen molar-refractivity contribution in [2.75, 3.05) is 6.61 Å². The highest BCUT2D eigenvalue weighted by molar-refractivity contribution is 5.62. The normalized spacial score (nSPS) is 29.3. The molecule has 1 saturated heterocycles.